The molecule has 0 aliphatic carbocycles. The molecule has 22 heavy (non-hydrogen) atoms. The molecule has 0 bridgehead atoms. The number of aromatic nitrogens is 2. The maximum absolute atomic E-state index is 11.8. The molecule has 2 heterocycles. The van der Waals surface area contributed by atoms with Gasteiger partial charge in [0.2, 0.25) is 5.13 Å². The highest BCUT2D eigenvalue weighted by Gasteiger charge is 2.12. The Kier molecular flexibility index (Phi) is 4.55. The molecule has 3 rings (SSSR count). The van der Waals surface area contributed by atoms with Crippen molar-refractivity contribution in [2.45, 2.75) is 17.0 Å². The second-order valence-corrected chi connectivity index (χ2v) is 6.78. The minimum atomic E-state index is -0.323. The molecule has 0 atom stereocenters. The summed E-state index contributed by atoms with van der Waals surface area (Å²) >= 11 is 2.95. The third-order valence-corrected chi connectivity index (χ3v) is 4.86. The van der Waals surface area contributed by atoms with Crippen LogP contribution in [0.1, 0.15) is 21.7 Å². The molecule has 0 saturated carbocycles. The van der Waals surface area contributed by atoms with Crippen LogP contribution < -0.4 is 5.32 Å². The molecule has 7 heteroatoms. The first-order chi connectivity index (χ1) is 10.7. The molecule has 0 aliphatic rings. The van der Waals surface area contributed by atoms with Gasteiger partial charge in [0.15, 0.2) is 10.1 Å². The lowest BCUT2D eigenvalue weighted by atomic mass is 10.2. The van der Waals surface area contributed by atoms with E-state index in [9.17, 15) is 4.79 Å². The van der Waals surface area contributed by atoms with Crippen LogP contribution in [0.4, 0.5) is 5.13 Å². The number of nitrogens with zero attached hydrogens (tertiary/aromatic N) is 2. The van der Waals surface area contributed by atoms with E-state index in [-0.39, 0.29) is 11.7 Å². The van der Waals surface area contributed by atoms with Crippen molar-refractivity contribution in [1.29, 1.82) is 0 Å². The number of carbonyl (C=O) groups excluding carboxylic acids is 1. The van der Waals surface area contributed by atoms with Crippen molar-refractivity contribution in [2.24, 2.45) is 0 Å². The molecule has 2 aromatic heterocycles. The van der Waals surface area contributed by atoms with Crippen LogP contribution in [0.5, 0.6) is 0 Å². The lowest BCUT2D eigenvalue weighted by Crippen LogP contribution is -2.10. The molecule has 0 aliphatic heterocycles. The van der Waals surface area contributed by atoms with Gasteiger partial charge in [-0.1, -0.05) is 52.9 Å². The van der Waals surface area contributed by atoms with E-state index in [0.29, 0.717) is 5.13 Å². The molecule has 3 aromatic rings. The fraction of sp³-hybridized carbons (Fsp3) is 0.133. The number of amides is 1. The van der Waals surface area contributed by atoms with Crippen molar-refractivity contribution < 1.29 is 9.21 Å². The van der Waals surface area contributed by atoms with Crippen molar-refractivity contribution in [3.05, 3.63) is 59.5 Å². The quantitative estimate of drug-likeness (QED) is 0.565. The fourth-order valence-corrected chi connectivity index (χ4v) is 3.52. The van der Waals surface area contributed by atoms with E-state index in [2.05, 4.69) is 40.6 Å². The Morgan fingerprint density at radius 2 is 2.23 bits per heavy atom. The fourth-order valence-electron chi connectivity index (χ4n) is 1.83. The van der Waals surface area contributed by atoms with Crippen molar-refractivity contribution in [1.82, 2.24) is 10.2 Å². The molecule has 1 amide bonds. The number of rotatable bonds is 5. The van der Waals surface area contributed by atoms with Gasteiger partial charge in [0, 0.05) is 5.75 Å². The minimum Gasteiger partial charge on any atom is -0.459 e. The predicted molar refractivity (Wildman–Crippen MR) is 87.3 cm³/mol. The van der Waals surface area contributed by atoms with Gasteiger partial charge in [0.1, 0.15) is 0 Å². The van der Waals surface area contributed by atoms with Crippen LogP contribution in [-0.4, -0.2) is 16.1 Å². The summed E-state index contributed by atoms with van der Waals surface area (Å²) in [4.78, 5) is 11.8. The van der Waals surface area contributed by atoms with E-state index in [1.165, 1.54) is 28.7 Å². The van der Waals surface area contributed by atoms with Crippen LogP contribution in [0.3, 0.4) is 0 Å². The normalized spacial score (nSPS) is 10.6. The number of hydrogen-bond donors (Lipinski definition) is 1. The minimum absolute atomic E-state index is 0.254. The van der Waals surface area contributed by atoms with E-state index < -0.39 is 0 Å². The van der Waals surface area contributed by atoms with Gasteiger partial charge >= 0.3 is 0 Å². The number of thioether (sulfide) groups is 1. The molecule has 0 fully saturated rings. The lowest BCUT2D eigenvalue weighted by Gasteiger charge is -1.99. The van der Waals surface area contributed by atoms with Gasteiger partial charge < -0.3 is 4.42 Å². The highest BCUT2D eigenvalue weighted by molar-refractivity contribution is 8.00. The van der Waals surface area contributed by atoms with Crippen LogP contribution in [0.25, 0.3) is 0 Å². The highest BCUT2D eigenvalue weighted by Crippen LogP contribution is 2.28. The van der Waals surface area contributed by atoms with Gasteiger partial charge in [0.05, 0.1) is 6.26 Å². The number of benzene rings is 1. The van der Waals surface area contributed by atoms with Gasteiger partial charge in [-0.15, -0.1) is 10.2 Å². The maximum Gasteiger partial charge on any atom is 0.293 e. The topological polar surface area (TPSA) is 68.0 Å². The number of hydrogen-bond acceptors (Lipinski definition) is 6. The molecule has 0 radical (unpaired) electrons. The van der Waals surface area contributed by atoms with E-state index in [1.54, 1.807) is 23.9 Å². The van der Waals surface area contributed by atoms with Crippen LogP contribution in [0, 0.1) is 6.92 Å². The molecular formula is C15H13N3O2S2. The SMILES string of the molecule is Cc1cccc(CSc2nnc(NC(=O)c3ccco3)s2)c1. The van der Waals surface area contributed by atoms with E-state index in [0.717, 1.165) is 10.1 Å². The predicted octanol–water partition coefficient (Wildman–Crippen LogP) is 3.98. The lowest BCUT2D eigenvalue weighted by molar-refractivity contribution is 0.0996. The van der Waals surface area contributed by atoms with Gasteiger partial charge in [-0.25, -0.2) is 0 Å². The molecule has 112 valence electrons. The van der Waals surface area contributed by atoms with E-state index >= 15 is 0 Å². The Bertz CT molecular complexity index is 769. The number of anilines is 1. The number of carbonyl (C=O) groups is 1. The monoisotopic (exact) mass is 331 g/mol. The van der Waals surface area contributed by atoms with Crippen LogP contribution >= 0.6 is 23.1 Å². The Balaban J connectivity index is 1.58. The molecule has 5 nitrogen and oxygen atoms in total. The summed E-state index contributed by atoms with van der Waals surface area (Å²) in [7, 11) is 0. The summed E-state index contributed by atoms with van der Waals surface area (Å²) in [5.41, 5.74) is 2.48. The van der Waals surface area contributed by atoms with Crippen LogP contribution in [0.2, 0.25) is 0 Å². The summed E-state index contributed by atoms with van der Waals surface area (Å²) in [6, 6.07) is 11.6. The second-order valence-electron chi connectivity index (χ2n) is 4.58. The van der Waals surface area contributed by atoms with Gasteiger partial charge in [0.25, 0.3) is 5.91 Å². The number of nitrogens with one attached hydrogen (secondary N) is 1. The van der Waals surface area contributed by atoms with Crippen molar-refractivity contribution in [2.75, 3.05) is 5.32 Å². The molecule has 0 spiro atoms. The Hall–Kier alpha value is -2.12. The Morgan fingerprint density at radius 1 is 1.32 bits per heavy atom. The zero-order valence-corrected chi connectivity index (χ0v) is 13.4. The Labute approximate surface area is 135 Å². The molecular weight excluding hydrogens is 318 g/mol. The third kappa shape index (κ3) is 3.75. The van der Waals surface area contributed by atoms with Crippen molar-refractivity contribution in [3.63, 3.8) is 0 Å². The van der Waals surface area contributed by atoms with Crippen LogP contribution in [0.15, 0.2) is 51.4 Å². The largest absolute Gasteiger partial charge is 0.459 e. The summed E-state index contributed by atoms with van der Waals surface area (Å²) < 4.78 is 5.85. The zero-order valence-electron chi connectivity index (χ0n) is 11.8. The van der Waals surface area contributed by atoms with Crippen molar-refractivity contribution in [3.8, 4) is 0 Å². The average Bonchev–Trinajstić information content (AvgIpc) is 3.17. The Morgan fingerprint density at radius 3 is 3.00 bits per heavy atom. The average molecular weight is 331 g/mol. The summed E-state index contributed by atoms with van der Waals surface area (Å²) in [5.74, 6) is 0.753. The van der Waals surface area contributed by atoms with Crippen molar-refractivity contribution >= 4 is 34.1 Å². The third-order valence-electron chi connectivity index (χ3n) is 2.82. The standard InChI is InChI=1S/C15H13N3O2S2/c1-10-4-2-5-11(8-10)9-21-15-18-17-14(22-15)16-13(19)12-6-3-7-20-12/h2-8H,9H2,1H3,(H,16,17,19). The number of aryl methyl sites for hydroxylation is 1. The molecule has 0 unspecified atom stereocenters. The van der Waals surface area contributed by atoms with Gasteiger partial charge in [-0.2, -0.15) is 0 Å². The second kappa shape index (κ2) is 6.76. The zero-order chi connectivity index (χ0) is 15.4. The molecule has 1 N–H and O–H groups in total. The summed E-state index contributed by atoms with van der Waals surface area (Å²) in [6.45, 7) is 2.07. The smallest absolute Gasteiger partial charge is 0.293 e. The van der Waals surface area contributed by atoms with Gasteiger partial charge in [-0.05, 0) is 24.6 Å². The van der Waals surface area contributed by atoms with E-state index in [4.69, 9.17) is 4.42 Å². The number of furan rings is 1. The van der Waals surface area contributed by atoms with Gasteiger partial charge in [-0.3, -0.25) is 10.1 Å². The van der Waals surface area contributed by atoms with E-state index in [1.807, 2.05) is 6.07 Å². The molecule has 0 saturated heterocycles. The first-order valence-electron chi connectivity index (χ1n) is 6.57. The summed E-state index contributed by atoms with van der Waals surface area (Å²) in [6.07, 6.45) is 1.46. The first kappa shape index (κ1) is 14.8. The summed E-state index contributed by atoms with van der Waals surface area (Å²) in [5, 5.41) is 11.2. The van der Waals surface area contributed by atoms with Crippen LogP contribution in [-0.2, 0) is 5.75 Å². The molecule has 1 aromatic carbocycles. The maximum atomic E-state index is 11.8. The highest BCUT2D eigenvalue weighted by atomic mass is 32.2. The first-order valence-corrected chi connectivity index (χ1v) is 8.37.